The van der Waals surface area contributed by atoms with Crippen molar-refractivity contribution in [1.29, 1.82) is 0 Å². The Bertz CT molecular complexity index is 291. The minimum absolute atomic E-state index is 0.0931. The van der Waals surface area contributed by atoms with Crippen molar-refractivity contribution in [3.63, 3.8) is 0 Å². The maximum Gasteiger partial charge on any atom is 0.306 e. The number of likely N-dealkylation sites (N-methyl/N-ethyl adjacent to an activating group) is 2. The molecular weight excluding hydrogens is 220 g/mol. The van der Waals surface area contributed by atoms with Crippen LogP contribution in [-0.4, -0.2) is 61.0 Å². The van der Waals surface area contributed by atoms with Gasteiger partial charge in [-0.3, -0.25) is 9.59 Å². The van der Waals surface area contributed by atoms with Gasteiger partial charge >= 0.3 is 5.97 Å². The van der Waals surface area contributed by atoms with E-state index >= 15 is 0 Å². The summed E-state index contributed by atoms with van der Waals surface area (Å²) >= 11 is 0. The molecule has 0 saturated heterocycles. The lowest BCUT2D eigenvalue weighted by Gasteiger charge is -2.22. The molecule has 1 N–H and O–H groups in total. The second-order valence-electron chi connectivity index (χ2n) is 5.11. The predicted molar refractivity (Wildman–Crippen MR) is 64.7 cm³/mol. The molecule has 0 bridgehead atoms. The van der Waals surface area contributed by atoms with Crippen molar-refractivity contribution in [1.82, 2.24) is 9.80 Å². The summed E-state index contributed by atoms with van der Waals surface area (Å²) in [4.78, 5) is 26.6. The van der Waals surface area contributed by atoms with Gasteiger partial charge in [0.25, 0.3) is 0 Å². The average Bonchev–Trinajstić information content (AvgIpc) is 2.73. The number of amides is 1. The van der Waals surface area contributed by atoms with Gasteiger partial charge in [0.1, 0.15) is 0 Å². The monoisotopic (exact) mass is 242 g/mol. The molecule has 0 aromatic rings. The summed E-state index contributed by atoms with van der Waals surface area (Å²) in [5.74, 6) is -1.10. The quantitative estimate of drug-likeness (QED) is 0.763. The maximum atomic E-state index is 12.0. The molecule has 0 aliphatic heterocycles. The molecule has 1 amide bonds. The number of hydrogen-bond acceptors (Lipinski definition) is 3. The van der Waals surface area contributed by atoms with Crippen LogP contribution in [0.5, 0.6) is 0 Å². The molecule has 2 atom stereocenters. The second kappa shape index (κ2) is 6.00. The van der Waals surface area contributed by atoms with E-state index in [1.807, 2.05) is 19.0 Å². The summed E-state index contributed by atoms with van der Waals surface area (Å²) in [6, 6.07) is 0. The standard InChI is InChI=1S/C12H22N2O3/c1-13(2)6-7-14(3)11(15)9-4-5-10(8-9)12(16)17/h9-10H,4-8H2,1-3H3,(H,16,17)/t9-,10+/m1/s1. The van der Waals surface area contributed by atoms with E-state index < -0.39 is 5.97 Å². The van der Waals surface area contributed by atoms with E-state index in [1.54, 1.807) is 11.9 Å². The SMILES string of the molecule is CN(C)CCN(C)C(=O)[C@@H]1CC[C@H](C(=O)O)C1. The highest BCUT2D eigenvalue weighted by Gasteiger charge is 2.34. The molecule has 1 aliphatic rings. The molecule has 1 rings (SSSR count). The molecule has 0 radical (unpaired) electrons. The van der Waals surface area contributed by atoms with Crippen LogP contribution in [0, 0.1) is 11.8 Å². The molecule has 1 fully saturated rings. The molecule has 5 heteroatoms. The van der Waals surface area contributed by atoms with Gasteiger partial charge in [0.2, 0.25) is 5.91 Å². The predicted octanol–water partition coefficient (Wildman–Crippen LogP) is 0.507. The fourth-order valence-corrected chi connectivity index (χ4v) is 2.20. The summed E-state index contributed by atoms with van der Waals surface area (Å²) in [5.41, 5.74) is 0. The number of nitrogens with zero attached hydrogens (tertiary/aromatic N) is 2. The van der Waals surface area contributed by atoms with E-state index in [4.69, 9.17) is 5.11 Å². The smallest absolute Gasteiger partial charge is 0.306 e. The zero-order valence-corrected chi connectivity index (χ0v) is 10.8. The average molecular weight is 242 g/mol. The fraction of sp³-hybridized carbons (Fsp3) is 0.833. The van der Waals surface area contributed by atoms with Crippen molar-refractivity contribution >= 4 is 11.9 Å². The Balaban J connectivity index is 2.40. The summed E-state index contributed by atoms with van der Waals surface area (Å²) < 4.78 is 0. The Labute approximate surface area is 102 Å². The lowest BCUT2D eigenvalue weighted by molar-refractivity contribution is -0.141. The molecule has 0 aromatic carbocycles. The van der Waals surface area contributed by atoms with Crippen molar-refractivity contribution in [3.8, 4) is 0 Å². The fourth-order valence-electron chi connectivity index (χ4n) is 2.20. The van der Waals surface area contributed by atoms with Gasteiger partial charge in [-0.25, -0.2) is 0 Å². The lowest BCUT2D eigenvalue weighted by atomic mass is 10.0. The first-order chi connectivity index (χ1) is 7.91. The van der Waals surface area contributed by atoms with E-state index in [2.05, 4.69) is 0 Å². The third-order valence-corrected chi connectivity index (χ3v) is 3.39. The highest BCUT2D eigenvalue weighted by Crippen LogP contribution is 2.32. The summed E-state index contributed by atoms with van der Waals surface area (Å²) in [6.45, 7) is 1.53. The normalized spacial score (nSPS) is 24.0. The highest BCUT2D eigenvalue weighted by atomic mass is 16.4. The first kappa shape index (κ1) is 14.0. The van der Waals surface area contributed by atoms with Gasteiger partial charge in [0, 0.05) is 26.1 Å². The summed E-state index contributed by atoms with van der Waals surface area (Å²) in [7, 11) is 5.72. The van der Waals surface area contributed by atoms with E-state index in [9.17, 15) is 9.59 Å². The van der Waals surface area contributed by atoms with Gasteiger partial charge in [-0.2, -0.15) is 0 Å². The van der Waals surface area contributed by atoms with Gasteiger partial charge in [-0.15, -0.1) is 0 Å². The van der Waals surface area contributed by atoms with Crippen LogP contribution in [0.25, 0.3) is 0 Å². The minimum Gasteiger partial charge on any atom is -0.481 e. The Morgan fingerprint density at radius 2 is 1.71 bits per heavy atom. The van der Waals surface area contributed by atoms with Crippen molar-refractivity contribution in [2.45, 2.75) is 19.3 Å². The van der Waals surface area contributed by atoms with Crippen molar-refractivity contribution < 1.29 is 14.7 Å². The van der Waals surface area contributed by atoms with Crippen LogP contribution in [0.1, 0.15) is 19.3 Å². The Hall–Kier alpha value is -1.10. The van der Waals surface area contributed by atoms with E-state index in [1.165, 1.54) is 0 Å². The largest absolute Gasteiger partial charge is 0.481 e. The molecule has 0 aromatic heterocycles. The molecular formula is C12H22N2O3. The van der Waals surface area contributed by atoms with Gasteiger partial charge < -0.3 is 14.9 Å². The first-order valence-corrected chi connectivity index (χ1v) is 6.04. The Morgan fingerprint density at radius 3 is 2.18 bits per heavy atom. The van der Waals surface area contributed by atoms with Crippen LogP contribution in [0.3, 0.4) is 0 Å². The number of hydrogen-bond donors (Lipinski definition) is 1. The molecule has 5 nitrogen and oxygen atoms in total. The van der Waals surface area contributed by atoms with Crippen LogP contribution in [-0.2, 0) is 9.59 Å². The topological polar surface area (TPSA) is 60.9 Å². The molecule has 0 unspecified atom stereocenters. The summed E-state index contributed by atoms with van der Waals surface area (Å²) in [6.07, 6.45) is 1.84. The van der Waals surface area contributed by atoms with Crippen molar-refractivity contribution in [2.24, 2.45) is 11.8 Å². The van der Waals surface area contributed by atoms with Gasteiger partial charge in [-0.1, -0.05) is 0 Å². The number of carboxylic acids is 1. The molecule has 0 spiro atoms. The number of carbonyl (C=O) groups excluding carboxylic acids is 1. The van der Waals surface area contributed by atoms with Crippen LogP contribution in [0.15, 0.2) is 0 Å². The third kappa shape index (κ3) is 4.00. The number of carboxylic acid groups (broad SMARTS) is 1. The van der Waals surface area contributed by atoms with Gasteiger partial charge in [-0.05, 0) is 33.4 Å². The number of rotatable bonds is 5. The number of aliphatic carboxylic acids is 1. The van der Waals surface area contributed by atoms with E-state index in [0.29, 0.717) is 25.8 Å². The minimum atomic E-state index is -0.767. The second-order valence-corrected chi connectivity index (χ2v) is 5.11. The zero-order valence-electron chi connectivity index (χ0n) is 10.8. The third-order valence-electron chi connectivity index (χ3n) is 3.39. The summed E-state index contributed by atoms with van der Waals surface area (Å²) in [5, 5.41) is 8.90. The Morgan fingerprint density at radius 1 is 1.12 bits per heavy atom. The Kier molecular flexibility index (Phi) is 4.93. The first-order valence-electron chi connectivity index (χ1n) is 6.04. The van der Waals surface area contributed by atoms with Crippen LogP contribution in [0.4, 0.5) is 0 Å². The van der Waals surface area contributed by atoms with Crippen LogP contribution >= 0.6 is 0 Å². The van der Waals surface area contributed by atoms with Gasteiger partial charge in [0.05, 0.1) is 5.92 Å². The van der Waals surface area contributed by atoms with Crippen molar-refractivity contribution in [2.75, 3.05) is 34.2 Å². The van der Waals surface area contributed by atoms with Crippen molar-refractivity contribution in [3.05, 3.63) is 0 Å². The van der Waals surface area contributed by atoms with E-state index in [-0.39, 0.29) is 17.7 Å². The molecule has 98 valence electrons. The zero-order chi connectivity index (χ0) is 13.0. The molecule has 1 saturated carbocycles. The lowest BCUT2D eigenvalue weighted by Crippen LogP contribution is -2.36. The number of carbonyl (C=O) groups is 2. The van der Waals surface area contributed by atoms with Crippen LogP contribution in [0.2, 0.25) is 0 Å². The van der Waals surface area contributed by atoms with Crippen LogP contribution < -0.4 is 0 Å². The molecule has 0 heterocycles. The maximum absolute atomic E-state index is 12.0. The molecule has 17 heavy (non-hydrogen) atoms. The van der Waals surface area contributed by atoms with Gasteiger partial charge in [0.15, 0.2) is 0 Å². The highest BCUT2D eigenvalue weighted by molar-refractivity contribution is 5.80. The molecule has 1 aliphatic carbocycles. The van der Waals surface area contributed by atoms with E-state index in [0.717, 1.165) is 6.54 Å².